The van der Waals surface area contributed by atoms with Gasteiger partial charge in [0.15, 0.2) is 5.28 Å². The minimum atomic E-state index is -3.88. The van der Waals surface area contributed by atoms with Crippen molar-refractivity contribution in [3.05, 3.63) is 65.4 Å². The third-order valence-corrected chi connectivity index (χ3v) is 6.82. The van der Waals surface area contributed by atoms with Gasteiger partial charge in [0.1, 0.15) is 13.3 Å². The maximum Gasteiger partial charge on any atom is 0.293 e. The predicted molar refractivity (Wildman–Crippen MR) is 113 cm³/mol. The van der Waals surface area contributed by atoms with Gasteiger partial charge in [-0.05, 0) is 34.7 Å². The summed E-state index contributed by atoms with van der Waals surface area (Å²) in [5, 5.41) is 14.9. The van der Waals surface area contributed by atoms with Crippen LogP contribution in [-0.2, 0) is 19.7 Å². The van der Waals surface area contributed by atoms with E-state index in [9.17, 15) is 18.4 Å². The van der Waals surface area contributed by atoms with E-state index in [1.54, 1.807) is 30.3 Å². The van der Waals surface area contributed by atoms with E-state index < -0.39 is 28.6 Å². The maximum absolute atomic E-state index is 13.4. The zero-order chi connectivity index (χ0) is 22.6. The lowest BCUT2D eigenvalue weighted by Gasteiger charge is -2.30. The molecule has 10 nitrogen and oxygen atoms in total. The molecule has 0 bridgehead atoms. The van der Waals surface area contributed by atoms with Crippen molar-refractivity contribution >= 4 is 21.6 Å². The SMILES string of the molecule is CO/N=[N+](\[O-])CC(=O)N1CCN(S(=O)(=O)c2ccccc2)C1c1ccc(N(C)C)cc1. The molecule has 1 unspecified atom stereocenters. The maximum atomic E-state index is 13.4. The smallest absolute Gasteiger partial charge is 0.293 e. The Morgan fingerprint density at radius 3 is 2.39 bits per heavy atom. The molecule has 1 aliphatic rings. The van der Waals surface area contributed by atoms with Gasteiger partial charge < -0.3 is 19.8 Å². The van der Waals surface area contributed by atoms with Gasteiger partial charge in [-0.2, -0.15) is 4.31 Å². The van der Waals surface area contributed by atoms with E-state index in [0.717, 1.165) is 5.69 Å². The number of amides is 1. The first-order valence-corrected chi connectivity index (χ1v) is 11.0. The van der Waals surface area contributed by atoms with E-state index in [1.807, 2.05) is 31.1 Å². The molecule has 0 spiro atoms. The van der Waals surface area contributed by atoms with Crippen molar-refractivity contribution in [3.8, 4) is 0 Å². The van der Waals surface area contributed by atoms with Gasteiger partial charge in [0.25, 0.3) is 12.5 Å². The fourth-order valence-corrected chi connectivity index (χ4v) is 5.06. The molecule has 11 heteroatoms. The third kappa shape index (κ3) is 4.78. The summed E-state index contributed by atoms with van der Waals surface area (Å²) in [6, 6.07) is 15.3. The number of rotatable bonds is 7. The number of carbonyl (C=O) groups is 1. The number of anilines is 1. The Morgan fingerprint density at radius 1 is 1.16 bits per heavy atom. The number of hydrogen-bond acceptors (Lipinski definition) is 7. The van der Waals surface area contributed by atoms with Gasteiger partial charge >= 0.3 is 0 Å². The van der Waals surface area contributed by atoms with Gasteiger partial charge in [0.2, 0.25) is 10.0 Å². The molecule has 1 heterocycles. The van der Waals surface area contributed by atoms with Crippen molar-refractivity contribution in [2.24, 2.45) is 5.28 Å². The molecule has 1 aliphatic heterocycles. The van der Waals surface area contributed by atoms with Crippen LogP contribution < -0.4 is 4.90 Å². The quantitative estimate of drug-likeness (QED) is 0.364. The van der Waals surface area contributed by atoms with Crippen LogP contribution in [0.3, 0.4) is 0 Å². The Labute approximate surface area is 181 Å². The molecule has 0 N–H and O–H groups in total. The fraction of sp³-hybridized carbons (Fsp3) is 0.350. The second kappa shape index (κ2) is 9.31. The largest absolute Gasteiger partial charge is 0.597 e. The van der Waals surface area contributed by atoms with Gasteiger partial charge in [0.05, 0.1) is 4.90 Å². The second-order valence-electron chi connectivity index (χ2n) is 7.15. The van der Waals surface area contributed by atoms with E-state index in [0.29, 0.717) is 5.56 Å². The molecule has 0 radical (unpaired) electrons. The molecule has 166 valence electrons. The number of carbonyl (C=O) groups excluding carboxylic acids is 1. The molecular weight excluding hydrogens is 422 g/mol. The molecule has 1 atom stereocenters. The number of hydroxylamine groups is 1. The average Bonchev–Trinajstić information content (AvgIpc) is 3.21. The van der Waals surface area contributed by atoms with Crippen LogP contribution in [-0.4, -0.2) is 69.2 Å². The zero-order valence-electron chi connectivity index (χ0n) is 17.6. The minimum absolute atomic E-state index is 0.101. The summed E-state index contributed by atoms with van der Waals surface area (Å²) < 4.78 is 28.0. The highest BCUT2D eigenvalue weighted by molar-refractivity contribution is 7.89. The van der Waals surface area contributed by atoms with Crippen LogP contribution >= 0.6 is 0 Å². The Hall–Kier alpha value is -3.18. The van der Waals surface area contributed by atoms with Crippen molar-refractivity contribution in [2.45, 2.75) is 11.1 Å². The normalized spacial score (nSPS) is 17.6. The summed E-state index contributed by atoms with van der Waals surface area (Å²) >= 11 is 0. The number of hydrogen-bond donors (Lipinski definition) is 0. The number of sulfonamides is 1. The summed E-state index contributed by atoms with van der Waals surface area (Å²) in [4.78, 5) is 20.8. The molecule has 1 amide bonds. The second-order valence-corrected chi connectivity index (χ2v) is 9.04. The predicted octanol–water partition coefficient (Wildman–Crippen LogP) is 1.81. The first kappa shape index (κ1) is 22.5. The van der Waals surface area contributed by atoms with Crippen LogP contribution in [0.4, 0.5) is 5.69 Å². The molecule has 31 heavy (non-hydrogen) atoms. The summed E-state index contributed by atoms with van der Waals surface area (Å²) in [5.41, 5.74) is 1.55. The van der Waals surface area contributed by atoms with Crippen molar-refractivity contribution in [2.75, 3.05) is 45.7 Å². The Bertz CT molecular complexity index is 1040. The van der Waals surface area contributed by atoms with Crippen molar-refractivity contribution in [1.82, 2.24) is 9.21 Å². The number of benzene rings is 2. The minimum Gasteiger partial charge on any atom is -0.597 e. The standard InChI is InChI=1S/C20H25N5O5S/c1-22(2)17-11-9-16(10-12-17)20-23(19(26)15-25(27)21-30-3)13-14-24(20)31(28,29)18-7-5-4-6-8-18/h4-12,20H,13-15H2,1-3H3/b25-21-. The van der Waals surface area contributed by atoms with Gasteiger partial charge in [-0.25, -0.2) is 8.42 Å². The van der Waals surface area contributed by atoms with Crippen LogP contribution in [0.15, 0.2) is 64.8 Å². The first-order chi connectivity index (χ1) is 14.8. The fourth-order valence-electron chi connectivity index (χ4n) is 3.46. The first-order valence-electron chi connectivity index (χ1n) is 9.58. The summed E-state index contributed by atoms with van der Waals surface area (Å²) in [6.07, 6.45) is -0.884. The van der Waals surface area contributed by atoms with E-state index in [4.69, 9.17) is 0 Å². The molecule has 0 aliphatic carbocycles. The molecule has 3 rings (SSSR count). The van der Waals surface area contributed by atoms with Crippen molar-refractivity contribution < 1.29 is 22.9 Å². The molecular formula is C20H25N5O5S. The van der Waals surface area contributed by atoms with E-state index in [1.165, 1.54) is 28.4 Å². The van der Waals surface area contributed by atoms with Crippen LogP contribution in [0.2, 0.25) is 0 Å². The highest BCUT2D eigenvalue weighted by Crippen LogP contribution is 2.35. The van der Waals surface area contributed by atoms with Gasteiger partial charge in [-0.15, -0.1) is 0 Å². The van der Waals surface area contributed by atoms with Gasteiger partial charge in [0, 0.05) is 32.9 Å². The topological polar surface area (TPSA) is 109 Å². The monoisotopic (exact) mass is 447 g/mol. The van der Waals surface area contributed by atoms with E-state index >= 15 is 0 Å². The zero-order valence-corrected chi connectivity index (χ0v) is 18.4. The molecule has 2 aromatic carbocycles. The lowest BCUT2D eigenvalue weighted by atomic mass is 10.1. The average molecular weight is 448 g/mol. The molecule has 1 fully saturated rings. The number of nitrogens with zero attached hydrogens (tertiary/aromatic N) is 5. The molecule has 0 aromatic heterocycles. The van der Waals surface area contributed by atoms with Crippen LogP contribution in [0.1, 0.15) is 11.7 Å². The van der Waals surface area contributed by atoms with Crippen molar-refractivity contribution in [1.29, 1.82) is 0 Å². The summed E-state index contributed by atoms with van der Waals surface area (Å²) in [5.74, 6) is -0.553. The van der Waals surface area contributed by atoms with Gasteiger partial charge in [-0.1, -0.05) is 30.3 Å². The Kier molecular flexibility index (Phi) is 6.76. The lowest BCUT2D eigenvalue weighted by molar-refractivity contribution is -0.547. The van der Waals surface area contributed by atoms with Crippen LogP contribution in [0, 0.1) is 5.21 Å². The van der Waals surface area contributed by atoms with Crippen LogP contribution in [0.5, 0.6) is 0 Å². The molecule has 2 aromatic rings. The lowest BCUT2D eigenvalue weighted by Crippen LogP contribution is -2.40. The Morgan fingerprint density at radius 2 is 1.81 bits per heavy atom. The highest BCUT2D eigenvalue weighted by atomic mass is 32.2. The molecule has 1 saturated heterocycles. The van der Waals surface area contributed by atoms with Crippen LogP contribution in [0.25, 0.3) is 0 Å². The van der Waals surface area contributed by atoms with E-state index in [2.05, 4.69) is 10.1 Å². The van der Waals surface area contributed by atoms with Crippen molar-refractivity contribution in [3.63, 3.8) is 0 Å². The summed E-state index contributed by atoms with van der Waals surface area (Å²) in [6.45, 7) is -0.339. The highest BCUT2D eigenvalue weighted by Gasteiger charge is 2.44. The third-order valence-electron chi connectivity index (χ3n) is 4.95. The molecule has 0 saturated carbocycles. The van der Waals surface area contributed by atoms with Gasteiger partial charge in [-0.3, -0.25) is 4.79 Å². The Balaban J connectivity index is 2.01. The van der Waals surface area contributed by atoms with E-state index in [-0.39, 0.29) is 22.8 Å². The summed E-state index contributed by atoms with van der Waals surface area (Å²) in [7, 11) is 1.12.